The number of hydrogen-bond donors (Lipinski definition) is 2. The molecule has 42 heavy (non-hydrogen) atoms. The number of fused-ring (bicyclic) bond motifs is 3. The van der Waals surface area contributed by atoms with E-state index in [1.165, 1.54) is 16.7 Å². The average molecular weight is 641 g/mol. The number of piperazine rings is 1. The molecule has 0 spiro atoms. The molecule has 222 valence electrons. The van der Waals surface area contributed by atoms with Crippen molar-refractivity contribution in [3.63, 3.8) is 0 Å². The lowest BCUT2D eigenvalue weighted by Gasteiger charge is -2.34. The van der Waals surface area contributed by atoms with Crippen molar-refractivity contribution in [2.24, 2.45) is 0 Å². The number of sulfonamides is 1. The number of nitrogens with one attached hydrogen (secondary N) is 3. The van der Waals surface area contributed by atoms with Crippen molar-refractivity contribution < 1.29 is 31.3 Å². The first-order valence-corrected chi connectivity index (χ1v) is 15.3. The van der Waals surface area contributed by atoms with E-state index in [2.05, 4.69) is 25.2 Å². The van der Waals surface area contributed by atoms with Gasteiger partial charge < -0.3 is 19.9 Å². The van der Waals surface area contributed by atoms with Gasteiger partial charge in [0, 0.05) is 29.7 Å². The second-order valence-electron chi connectivity index (χ2n) is 9.92. The molecule has 0 bridgehead atoms. The van der Waals surface area contributed by atoms with E-state index in [0.29, 0.717) is 85.2 Å². The Hall–Kier alpha value is -3.24. The number of aromatic amines is 2. The molecule has 4 heterocycles. The zero-order chi connectivity index (χ0) is 29.6. The normalized spacial score (nSPS) is 17.2. The largest absolute Gasteiger partial charge is 0.417 e. The second-order valence-corrected chi connectivity index (χ2v) is 12.7. The Morgan fingerprint density at radius 1 is 1.07 bits per heavy atom. The number of alkyl halides is 3. The van der Waals surface area contributed by atoms with Crippen LogP contribution in [0.15, 0.2) is 47.6 Å². The van der Waals surface area contributed by atoms with E-state index in [1.807, 2.05) is 4.90 Å². The third-order valence-corrected chi connectivity index (χ3v) is 9.99. The summed E-state index contributed by atoms with van der Waals surface area (Å²) >= 11 is 11.7. The zero-order valence-electron chi connectivity index (χ0n) is 22.0. The fourth-order valence-electron chi connectivity index (χ4n) is 5.22. The van der Waals surface area contributed by atoms with Crippen molar-refractivity contribution in [2.45, 2.75) is 11.1 Å². The van der Waals surface area contributed by atoms with E-state index in [1.54, 1.807) is 24.3 Å². The van der Waals surface area contributed by atoms with Crippen molar-refractivity contribution >= 4 is 72.4 Å². The van der Waals surface area contributed by atoms with Gasteiger partial charge in [0.05, 0.1) is 54.9 Å². The molecule has 2 aliphatic heterocycles. The first kappa shape index (κ1) is 28.9. The maximum Gasteiger partial charge on any atom is 0.417 e. The van der Waals surface area contributed by atoms with E-state index < -0.39 is 21.8 Å². The Morgan fingerprint density at radius 2 is 1.76 bits per heavy atom. The van der Waals surface area contributed by atoms with Crippen molar-refractivity contribution in [3.8, 4) is 0 Å². The van der Waals surface area contributed by atoms with Gasteiger partial charge in [-0.15, -0.1) is 0 Å². The van der Waals surface area contributed by atoms with Crippen LogP contribution in [0.1, 0.15) is 5.56 Å². The standard InChI is InChI=1S/C26H25ClF3N7O3S2/c27-20-13-18-21(14-19(20)26(28,29)30)34-23-22(18)24(32-15-31-23)35-5-7-36(8-6-35)25(41)33-16-1-3-17(4-2-16)42(38,39)37-9-11-40-12-10-37/h1-4,13-15H,5-12H2,(H,33,41)(H,31,32,34)/p+1. The minimum absolute atomic E-state index is 0.211. The molecule has 2 fully saturated rings. The molecule has 16 heteroatoms. The predicted octanol–water partition coefficient (Wildman–Crippen LogP) is 3.74. The number of morpholine rings is 1. The van der Waals surface area contributed by atoms with Crippen molar-refractivity contribution in [1.29, 1.82) is 0 Å². The third-order valence-electron chi connectivity index (χ3n) is 7.40. The molecule has 0 radical (unpaired) electrons. The number of anilines is 2. The van der Waals surface area contributed by atoms with Crippen molar-refractivity contribution in [3.05, 3.63) is 53.3 Å². The van der Waals surface area contributed by atoms with Gasteiger partial charge in [0.1, 0.15) is 5.39 Å². The predicted molar refractivity (Wildman–Crippen MR) is 156 cm³/mol. The number of nitrogens with zero attached hydrogens (tertiary/aromatic N) is 4. The monoisotopic (exact) mass is 640 g/mol. The lowest BCUT2D eigenvalue weighted by molar-refractivity contribution is -0.367. The van der Waals surface area contributed by atoms with Crippen LogP contribution < -0.4 is 15.2 Å². The number of hydrogen-bond acceptors (Lipinski definition) is 6. The Morgan fingerprint density at radius 3 is 2.43 bits per heavy atom. The molecule has 3 N–H and O–H groups in total. The maximum atomic E-state index is 13.4. The molecule has 10 nitrogen and oxygen atoms in total. The van der Waals surface area contributed by atoms with Crippen LogP contribution in [0.25, 0.3) is 21.9 Å². The molecule has 2 aromatic carbocycles. The van der Waals surface area contributed by atoms with Gasteiger partial charge in [0.25, 0.3) is 0 Å². The van der Waals surface area contributed by atoms with Crippen molar-refractivity contribution in [1.82, 2.24) is 19.2 Å². The highest BCUT2D eigenvalue weighted by atomic mass is 35.5. The van der Waals surface area contributed by atoms with Crippen LogP contribution in [-0.4, -0.2) is 85.2 Å². The van der Waals surface area contributed by atoms with Crippen molar-refractivity contribution in [2.75, 3.05) is 62.7 Å². The molecule has 0 unspecified atom stereocenters. The van der Waals surface area contributed by atoms with Gasteiger partial charge in [-0.1, -0.05) is 16.6 Å². The summed E-state index contributed by atoms with van der Waals surface area (Å²) in [4.78, 5) is 14.7. The molecule has 0 saturated carbocycles. The number of thiocarbonyl (C=S) groups is 1. The minimum Gasteiger partial charge on any atom is -0.379 e. The third kappa shape index (κ3) is 5.46. The molecule has 0 aliphatic carbocycles. The maximum absolute atomic E-state index is 13.4. The highest BCUT2D eigenvalue weighted by Crippen LogP contribution is 2.39. The lowest BCUT2D eigenvalue weighted by atomic mass is 10.1. The van der Waals surface area contributed by atoms with Gasteiger partial charge in [-0.25, -0.2) is 13.4 Å². The summed E-state index contributed by atoms with van der Waals surface area (Å²) in [6.45, 7) is 3.72. The minimum atomic E-state index is -4.57. The topological polar surface area (TPSA) is 108 Å². The summed E-state index contributed by atoms with van der Waals surface area (Å²) in [6, 6.07) is 8.82. The van der Waals surface area contributed by atoms with Crippen LogP contribution in [0.2, 0.25) is 5.02 Å². The van der Waals surface area contributed by atoms with Gasteiger partial charge in [-0.05, 0) is 48.6 Å². The first-order valence-electron chi connectivity index (χ1n) is 13.1. The van der Waals surface area contributed by atoms with Crippen LogP contribution >= 0.6 is 23.8 Å². The number of ether oxygens (including phenoxy) is 1. The van der Waals surface area contributed by atoms with E-state index in [4.69, 9.17) is 28.6 Å². The summed E-state index contributed by atoms with van der Waals surface area (Å²) in [5.74, 6) is 0.720. The summed E-state index contributed by atoms with van der Waals surface area (Å²) < 4.78 is 72.6. The SMILES string of the molecule is O=S(=O)(c1ccc(NC(=S)N2CCN(c3[nH+]cnc4[nH]c5cc(C(F)(F)F)c(Cl)cc5c34)CC2)cc1)N1CCOCC1. The Labute approximate surface area is 249 Å². The van der Waals surface area contributed by atoms with Gasteiger partial charge in [0.15, 0.2) is 5.11 Å². The molecule has 0 atom stereocenters. The van der Waals surface area contributed by atoms with E-state index in [9.17, 15) is 21.6 Å². The zero-order valence-corrected chi connectivity index (χ0v) is 24.4. The Kier molecular flexibility index (Phi) is 7.64. The Bertz CT molecular complexity index is 1750. The van der Waals surface area contributed by atoms with E-state index in [0.717, 1.165) is 11.9 Å². The summed E-state index contributed by atoms with van der Waals surface area (Å²) in [5.41, 5.74) is 0.508. The van der Waals surface area contributed by atoms with E-state index >= 15 is 0 Å². The number of H-pyrrole nitrogens is 2. The second kappa shape index (κ2) is 11.1. The van der Waals surface area contributed by atoms with Gasteiger partial charge >= 0.3 is 6.18 Å². The molecule has 4 aromatic rings. The first-order chi connectivity index (χ1) is 20.0. The molecule has 6 rings (SSSR count). The van der Waals surface area contributed by atoms with Crippen LogP contribution in [0.5, 0.6) is 0 Å². The molecule has 2 aromatic heterocycles. The number of benzene rings is 2. The fourth-order valence-corrected chi connectivity index (χ4v) is 7.20. The summed E-state index contributed by atoms with van der Waals surface area (Å²) in [6.07, 6.45) is -3.07. The van der Waals surface area contributed by atoms with Crippen LogP contribution in [-0.2, 0) is 20.9 Å². The van der Waals surface area contributed by atoms with Gasteiger partial charge in [0.2, 0.25) is 27.8 Å². The smallest absolute Gasteiger partial charge is 0.379 e. The summed E-state index contributed by atoms with van der Waals surface area (Å²) in [5, 5.41) is 4.50. The molecular formula is C26H26ClF3N7O3S2+. The fraction of sp³-hybridized carbons (Fsp3) is 0.346. The molecule has 2 aliphatic rings. The van der Waals surface area contributed by atoms with Crippen LogP contribution in [0.4, 0.5) is 24.7 Å². The number of rotatable bonds is 4. The lowest BCUT2D eigenvalue weighted by Crippen LogP contribution is -2.51. The van der Waals surface area contributed by atoms with Gasteiger partial charge in [-0.2, -0.15) is 17.5 Å². The van der Waals surface area contributed by atoms with E-state index in [-0.39, 0.29) is 9.92 Å². The van der Waals surface area contributed by atoms with Crippen LogP contribution in [0.3, 0.4) is 0 Å². The molecule has 0 amide bonds. The van der Waals surface area contributed by atoms with Crippen LogP contribution in [0, 0.1) is 0 Å². The molecule has 2 saturated heterocycles. The number of aromatic nitrogens is 3. The average Bonchev–Trinajstić information content (AvgIpc) is 3.35. The highest BCUT2D eigenvalue weighted by molar-refractivity contribution is 7.89. The number of halogens is 4. The Balaban J connectivity index is 1.14. The summed E-state index contributed by atoms with van der Waals surface area (Å²) in [7, 11) is -3.59. The highest BCUT2D eigenvalue weighted by Gasteiger charge is 2.35. The quantitative estimate of drug-likeness (QED) is 0.325. The molecular weight excluding hydrogens is 615 g/mol. The van der Waals surface area contributed by atoms with Gasteiger partial charge in [-0.3, -0.25) is 4.90 Å².